The molecule has 9 heteroatoms. The van der Waals surface area contributed by atoms with E-state index in [0.717, 1.165) is 5.56 Å². The summed E-state index contributed by atoms with van der Waals surface area (Å²) in [5, 5.41) is 17.1. The third-order valence-electron chi connectivity index (χ3n) is 4.65. The first-order chi connectivity index (χ1) is 13.0. The van der Waals surface area contributed by atoms with Gasteiger partial charge in [-0.2, -0.15) is 0 Å². The summed E-state index contributed by atoms with van der Waals surface area (Å²) in [6.07, 6.45) is 0. The fourth-order valence-electron chi connectivity index (χ4n) is 3.31. The maximum absolute atomic E-state index is 13.6. The Hall–Kier alpha value is -2.55. The third kappa shape index (κ3) is 5.03. The quantitative estimate of drug-likeness (QED) is 0.586. The highest BCUT2D eigenvalue weighted by molar-refractivity contribution is 5.95. The summed E-state index contributed by atoms with van der Waals surface area (Å²) in [5.41, 5.74) is 1.49. The molecule has 150 valence electrons. The minimum absolute atomic E-state index is 0. The van der Waals surface area contributed by atoms with E-state index in [9.17, 15) is 19.3 Å². The largest absolute Gasteiger partial charge is 0.319 e. The fourth-order valence-corrected chi connectivity index (χ4v) is 3.31. The van der Waals surface area contributed by atoms with Crippen LogP contribution < -0.4 is 10.6 Å². The summed E-state index contributed by atoms with van der Waals surface area (Å²) in [6, 6.07) is 10.8. The second kappa shape index (κ2) is 9.59. The number of aryl methyl sites for hydroxylation is 1. The SMILES string of the molecule is Cc1cccc([N+](=O)[O-])c1NC(=O)CN1CCNCC1c1cccc(F)c1.Cl. The lowest BCUT2D eigenvalue weighted by atomic mass is 10.0. The van der Waals surface area contributed by atoms with Crippen molar-refractivity contribution in [3.8, 4) is 0 Å². The average Bonchev–Trinajstić information content (AvgIpc) is 2.63. The Morgan fingerprint density at radius 2 is 2.11 bits per heavy atom. The number of nitro groups is 1. The third-order valence-corrected chi connectivity index (χ3v) is 4.65. The molecule has 1 aliphatic heterocycles. The van der Waals surface area contributed by atoms with Crippen molar-refractivity contribution in [1.29, 1.82) is 0 Å². The van der Waals surface area contributed by atoms with Gasteiger partial charge < -0.3 is 10.6 Å². The summed E-state index contributed by atoms with van der Waals surface area (Å²) in [5.74, 6) is -0.659. The molecule has 0 spiro atoms. The number of nitro benzene ring substituents is 1. The van der Waals surface area contributed by atoms with Crippen molar-refractivity contribution < 1.29 is 14.1 Å². The molecule has 1 heterocycles. The van der Waals surface area contributed by atoms with Crippen LogP contribution in [0.15, 0.2) is 42.5 Å². The van der Waals surface area contributed by atoms with E-state index in [1.54, 1.807) is 25.1 Å². The van der Waals surface area contributed by atoms with Crippen LogP contribution in [0.2, 0.25) is 0 Å². The van der Waals surface area contributed by atoms with Crippen molar-refractivity contribution in [1.82, 2.24) is 10.2 Å². The Morgan fingerprint density at radius 3 is 2.82 bits per heavy atom. The van der Waals surface area contributed by atoms with Crippen LogP contribution in [0.5, 0.6) is 0 Å². The topological polar surface area (TPSA) is 87.5 Å². The number of hydrogen-bond donors (Lipinski definition) is 2. The highest BCUT2D eigenvalue weighted by atomic mass is 35.5. The molecule has 0 aromatic heterocycles. The van der Waals surface area contributed by atoms with E-state index < -0.39 is 4.92 Å². The van der Waals surface area contributed by atoms with Gasteiger partial charge in [0.1, 0.15) is 11.5 Å². The number of nitrogens with one attached hydrogen (secondary N) is 2. The molecule has 0 bridgehead atoms. The molecule has 2 aromatic rings. The number of nitrogens with zero attached hydrogens (tertiary/aromatic N) is 2. The number of amides is 1. The zero-order valence-corrected chi connectivity index (χ0v) is 16.2. The predicted octanol–water partition coefficient (Wildman–Crippen LogP) is 3.05. The van der Waals surface area contributed by atoms with Gasteiger partial charge in [-0.1, -0.05) is 24.3 Å². The van der Waals surface area contributed by atoms with Gasteiger partial charge in [-0.15, -0.1) is 12.4 Å². The second-order valence-corrected chi connectivity index (χ2v) is 6.52. The van der Waals surface area contributed by atoms with Crippen molar-refractivity contribution in [2.45, 2.75) is 13.0 Å². The molecule has 2 aromatic carbocycles. The standard InChI is InChI=1S/C19H21FN4O3.ClH/c1-13-4-2-7-16(24(26)27)19(13)22-18(25)12-23-9-8-21-11-17(23)14-5-3-6-15(20)10-14;/h2-7,10,17,21H,8-9,11-12H2,1H3,(H,22,25);1H. The number of halogens is 2. The molecule has 7 nitrogen and oxygen atoms in total. The molecule has 1 aliphatic rings. The molecule has 1 saturated heterocycles. The second-order valence-electron chi connectivity index (χ2n) is 6.52. The van der Waals surface area contributed by atoms with Crippen molar-refractivity contribution in [2.24, 2.45) is 0 Å². The molecular formula is C19H22ClFN4O3. The Kier molecular flexibility index (Phi) is 7.45. The number of rotatable bonds is 5. The number of carbonyl (C=O) groups excluding carboxylic acids is 1. The van der Waals surface area contributed by atoms with E-state index in [4.69, 9.17) is 0 Å². The van der Waals surface area contributed by atoms with Crippen LogP contribution >= 0.6 is 12.4 Å². The van der Waals surface area contributed by atoms with Crippen molar-refractivity contribution in [3.63, 3.8) is 0 Å². The lowest BCUT2D eigenvalue weighted by molar-refractivity contribution is -0.384. The van der Waals surface area contributed by atoms with Crippen LogP contribution in [0, 0.1) is 22.9 Å². The van der Waals surface area contributed by atoms with Gasteiger partial charge in [-0.25, -0.2) is 4.39 Å². The lowest BCUT2D eigenvalue weighted by Crippen LogP contribution is -2.48. The van der Waals surface area contributed by atoms with Crippen LogP contribution in [-0.2, 0) is 4.79 Å². The molecule has 1 atom stereocenters. The summed E-state index contributed by atoms with van der Waals surface area (Å²) in [6.45, 7) is 3.70. The minimum Gasteiger partial charge on any atom is -0.319 e. The van der Waals surface area contributed by atoms with Crippen LogP contribution in [0.25, 0.3) is 0 Å². The summed E-state index contributed by atoms with van der Waals surface area (Å²) >= 11 is 0. The van der Waals surface area contributed by atoms with Gasteiger partial charge in [0, 0.05) is 31.7 Å². The van der Waals surface area contributed by atoms with E-state index in [-0.39, 0.29) is 48.1 Å². The van der Waals surface area contributed by atoms with Gasteiger partial charge in [0.05, 0.1) is 11.5 Å². The van der Waals surface area contributed by atoms with Crippen LogP contribution in [-0.4, -0.2) is 41.9 Å². The molecule has 3 rings (SSSR count). The number of anilines is 1. The zero-order chi connectivity index (χ0) is 19.4. The number of para-hydroxylation sites is 1. The van der Waals surface area contributed by atoms with E-state index in [2.05, 4.69) is 10.6 Å². The van der Waals surface area contributed by atoms with Crippen LogP contribution in [0.3, 0.4) is 0 Å². The molecule has 2 N–H and O–H groups in total. The van der Waals surface area contributed by atoms with Crippen molar-refractivity contribution in [2.75, 3.05) is 31.5 Å². The van der Waals surface area contributed by atoms with Crippen molar-refractivity contribution in [3.05, 3.63) is 69.5 Å². The fraction of sp³-hybridized carbons (Fsp3) is 0.316. The first-order valence-corrected chi connectivity index (χ1v) is 8.70. The average molecular weight is 409 g/mol. The van der Waals surface area contributed by atoms with Crippen molar-refractivity contribution >= 4 is 29.7 Å². The molecule has 28 heavy (non-hydrogen) atoms. The summed E-state index contributed by atoms with van der Waals surface area (Å²) in [7, 11) is 0. The van der Waals surface area contributed by atoms with E-state index in [1.165, 1.54) is 18.2 Å². The first kappa shape index (κ1) is 21.7. The molecule has 0 aliphatic carbocycles. The molecule has 1 unspecified atom stereocenters. The number of piperazine rings is 1. The lowest BCUT2D eigenvalue weighted by Gasteiger charge is -2.36. The first-order valence-electron chi connectivity index (χ1n) is 8.70. The maximum atomic E-state index is 13.6. The normalized spacial score (nSPS) is 16.9. The molecular weight excluding hydrogens is 387 g/mol. The predicted molar refractivity (Wildman–Crippen MR) is 107 cm³/mol. The maximum Gasteiger partial charge on any atom is 0.293 e. The zero-order valence-electron chi connectivity index (χ0n) is 15.4. The Bertz CT molecular complexity index is 865. The van der Waals surface area contributed by atoms with E-state index in [0.29, 0.717) is 25.2 Å². The van der Waals surface area contributed by atoms with Crippen LogP contribution in [0.1, 0.15) is 17.2 Å². The molecule has 0 radical (unpaired) electrons. The van der Waals surface area contributed by atoms with Crippen LogP contribution in [0.4, 0.5) is 15.8 Å². The Morgan fingerprint density at radius 1 is 1.36 bits per heavy atom. The van der Waals surface area contributed by atoms with Gasteiger partial charge in [-0.05, 0) is 30.2 Å². The van der Waals surface area contributed by atoms with Gasteiger partial charge in [-0.3, -0.25) is 19.8 Å². The molecule has 0 saturated carbocycles. The summed E-state index contributed by atoms with van der Waals surface area (Å²) in [4.78, 5) is 25.2. The highest BCUT2D eigenvalue weighted by Crippen LogP contribution is 2.28. The molecule has 1 amide bonds. The Labute approximate surface area is 168 Å². The minimum atomic E-state index is -0.511. The van der Waals surface area contributed by atoms with Gasteiger partial charge in [0.2, 0.25) is 5.91 Å². The number of benzene rings is 2. The summed E-state index contributed by atoms with van der Waals surface area (Å²) < 4.78 is 13.6. The van der Waals surface area contributed by atoms with Gasteiger partial charge >= 0.3 is 0 Å². The number of carbonyl (C=O) groups is 1. The van der Waals surface area contributed by atoms with E-state index in [1.807, 2.05) is 11.0 Å². The smallest absolute Gasteiger partial charge is 0.293 e. The Balaban J connectivity index is 0.00000280. The number of hydrogen-bond acceptors (Lipinski definition) is 5. The monoisotopic (exact) mass is 408 g/mol. The van der Waals surface area contributed by atoms with Gasteiger partial charge in [0.15, 0.2) is 0 Å². The highest BCUT2D eigenvalue weighted by Gasteiger charge is 2.27. The van der Waals surface area contributed by atoms with Gasteiger partial charge in [0.25, 0.3) is 5.69 Å². The molecule has 1 fully saturated rings. The van der Waals surface area contributed by atoms with E-state index >= 15 is 0 Å².